The number of aryl methyl sites for hydroxylation is 1. The van der Waals surface area contributed by atoms with Crippen LogP contribution in [0.25, 0.3) is 11.2 Å². The van der Waals surface area contributed by atoms with Gasteiger partial charge in [-0.05, 0) is 12.5 Å². The molecule has 1 unspecified atom stereocenters. The molecule has 2 aromatic heterocycles. The molecule has 0 spiro atoms. The topological polar surface area (TPSA) is 164 Å². The molecule has 152 valence electrons. The van der Waals surface area contributed by atoms with Crippen LogP contribution in [0.15, 0.2) is 35.7 Å². The summed E-state index contributed by atoms with van der Waals surface area (Å²) in [7, 11) is 0. The molecule has 4 atom stereocenters. The molecule has 1 saturated heterocycles. The van der Waals surface area contributed by atoms with Crippen molar-refractivity contribution < 1.29 is 20.1 Å². The molecule has 3 heterocycles. The highest BCUT2D eigenvalue weighted by Crippen LogP contribution is 2.32. The van der Waals surface area contributed by atoms with Gasteiger partial charge in [-0.3, -0.25) is 4.57 Å². The van der Waals surface area contributed by atoms with E-state index in [4.69, 9.17) is 10.5 Å². The molecule has 0 amide bonds. The van der Waals surface area contributed by atoms with Gasteiger partial charge in [0.25, 0.3) is 0 Å². The van der Waals surface area contributed by atoms with Gasteiger partial charge in [0.1, 0.15) is 23.8 Å². The number of aliphatic hydroxyl groups is 3. The number of nitrogen functional groups attached to an aromatic ring is 1. The number of nitrogens with two attached hydrogens (primary N) is 1. The number of aromatic nitrogens is 4. The Morgan fingerprint density at radius 2 is 2.14 bits per heavy atom. The van der Waals surface area contributed by atoms with Crippen LogP contribution < -0.4 is 11.2 Å². The summed E-state index contributed by atoms with van der Waals surface area (Å²) in [5.41, 5.74) is 11.3. The minimum atomic E-state index is -1.27. The van der Waals surface area contributed by atoms with Crippen LogP contribution >= 0.6 is 0 Å². The second kappa shape index (κ2) is 7.72. The average Bonchev–Trinajstić information content (AvgIpc) is 3.24. The van der Waals surface area contributed by atoms with Gasteiger partial charge in [0.15, 0.2) is 17.7 Å². The smallest absolute Gasteiger partial charge is 0.247 e. The monoisotopic (exact) mass is 399 g/mol. The molecule has 1 aromatic carbocycles. The van der Waals surface area contributed by atoms with E-state index in [0.717, 1.165) is 11.1 Å². The summed E-state index contributed by atoms with van der Waals surface area (Å²) < 4.78 is 6.98. The fraction of sp³-hybridized carbons (Fsp3) is 0.333. The van der Waals surface area contributed by atoms with E-state index in [-0.39, 0.29) is 11.8 Å². The molecule has 0 bridgehead atoms. The minimum absolute atomic E-state index is 0.119. The Kier molecular flexibility index (Phi) is 5.11. The van der Waals surface area contributed by atoms with Gasteiger partial charge in [0, 0.05) is 0 Å². The van der Waals surface area contributed by atoms with Gasteiger partial charge in [-0.15, -0.1) is 0 Å². The quantitative estimate of drug-likeness (QED) is 0.288. The minimum Gasteiger partial charge on any atom is -0.394 e. The number of hydrogen-bond donors (Lipinski definition) is 5. The summed E-state index contributed by atoms with van der Waals surface area (Å²) >= 11 is 0. The molecule has 1 aliphatic heterocycles. The molecular formula is C18H21N7O4. The molecule has 11 heteroatoms. The van der Waals surface area contributed by atoms with Gasteiger partial charge in [-0.2, -0.15) is 15.1 Å². The highest BCUT2D eigenvalue weighted by Gasteiger charge is 2.44. The van der Waals surface area contributed by atoms with Crippen LogP contribution in [0.5, 0.6) is 0 Å². The Hall–Kier alpha value is -3.12. The highest BCUT2D eigenvalue weighted by atomic mass is 16.6. The van der Waals surface area contributed by atoms with E-state index in [9.17, 15) is 15.3 Å². The predicted molar refractivity (Wildman–Crippen MR) is 105 cm³/mol. The first-order chi connectivity index (χ1) is 14.0. The van der Waals surface area contributed by atoms with E-state index in [1.165, 1.54) is 10.9 Å². The Bertz CT molecular complexity index is 1050. The third-order valence-corrected chi connectivity index (χ3v) is 4.66. The number of aliphatic hydroxyl groups excluding tert-OH is 3. The first-order valence-electron chi connectivity index (χ1n) is 8.96. The van der Waals surface area contributed by atoms with Crippen LogP contribution in [0.2, 0.25) is 0 Å². The van der Waals surface area contributed by atoms with Crippen molar-refractivity contribution in [3.8, 4) is 0 Å². The van der Waals surface area contributed by atoms with Gasteiger partial charge >= 0.3 is 0 Å². The zero-order valence-corrected chi connectivity index (χ0v) is 15.5. The van der Waals surface area contributed by atoms with Crippen molar-refractivity contribution >= 4 is 29.1 Å². The molecule has 3 aromatic rings. The SMILES string of the molecule is Cc1cccc(/C=N/Nc2nc(N)c3ncn(C4O[C@H](CO)[C@@H](O)[C@H]4O)c3n2)c1. The zero-order chi connectivity index (χ0) is 20.5. The lowest BCUT2D eigenvalue weighted by molar-refractivity contribution is -0.0511. The fourth-order valence-electron chi connectivity index (χ4n) is 3.20. The van der Waals surface area contributed by atoms with Gasteiger partial charge in [-0.1, -0.05) is 29.8 Å². The van der Waals surface area contributed by atoms with E-state index in [0.29, 0.717) is 11.2 Å². The summed E-state index contributed by atoms with van der Waals surface area (Å²) in [4.78, 5) is 12.6. The Labute approximate surface area is 165 Å². The molecule has 0 aliphatic carbocycles. The first-order valence-corrected chi connectivity index (χ1v) is 8.96. The van der Waals surface area contributed by atoms with Crippen LogP contribution in [0.4, 0.5) is 11.8 Å². The molecule has 0 saturated carbocycles. The predicted octanol–water partition coefficient (Wildman–Crippen LogP) is -0.226. The molecule has 6 N–H and O–H groups in total. The number of anilines is 2. The number of fused-ring (bicyclic) bond motifs is 1. The summed E-state index contributed by atoms with van der Waals surface area (Å²) in [6.45, 7) is 1.56. The molecule has 1 fully saturated rings. The van der Waals surface area contributed by atoms with Crippen molar-refractivity contribution in [2.24, 2.45) is 5.10 Å². The van der Waals surface area contributed by atoms with Crippen LogP contribution in [-0.4, -0.2) is 66.0 Å². The first kappa shape index (κ1) is 19.2. The second-order valence-electron chi connectivity index (χ2n) is 6.77. The van der Waals surface area contributed by atoms with Crippen LogP contribution in [-0.2, 0) is 4.74 Å². The number of imidazole rings is 1. The number of ether oxygens (including phenoxy) is 1. The third kappa shape index (κ3) is 3.63. The molecule has 0 radical (unpaired) electrons. The van der Waals surface area contributed by atoms with Crippen LogP contribution in [0, 0.1) is 6.92 Å². The molecule has 4 rings (SSSR count). The van der Waals surface area contributed by atoms with Gasteiger partial charge in [-0.25, -0.2) is 10.4 Å². The largest absolute Gasteiger partial charge is 0.394 e. The molecule has 1 aliphatic rings. The Morgan fingerprint density at radius 1 is 1.31 bits per heavy atom. The summed E-state index contributed by atoms with van der Waals surface area (Å²) in [5, 5.41) is 33.7. The maximum Gasteiger partial charge on any atom is 0.247 e. The number of hydrazone groups is 1. The standard InChI is InChI=1S/C18H21N7O4/c1-9-3-2-4-10(5-9)6-21-24-18-22-15(19)12-16(23-18)25(8-20-12)17-14(28)13(27)11(7-26)29-17/h2-6,8,11,13-14,17,26-28H,7H2,1H3,(H3,19,22,23,24)/b21-6+/t11-,13-,14-,17?/m1/s1. The number of benzene rings is 1. The molecule has 11 nitrogen and oxygen atoms in total. The van der Waals surface area contributed by atoms with E-state index < -0.39 is 31.1 Å². The normalized spacial score (nSPS) is 24.6. The number of hydrogen-bond acceptors (Lipinski definition) is 10. The van der Waals surface area contributed by atoms with E-state index in [1.54, 1.807) is 6.21 Å². The van der Waals surface area contributed by atoms with E-state index in [2.05, 4.69) is 25.5 Å². The highest BCUT2D eigenvalue weighted by molar-refractivity contribution is 5.83. The van der Waals surface area contributed by atoms with Gasteiger partial charge < -0.3 is 25.8 Å². The molecular weight excluding hydrogens is 378 g/mol. The van der Waals surface area contributed by atoms with E-state index in [1.807, 2.05) is 31.2 Å². The number of nitrogens with zero attached hydrogens (tertiary/aromatic N) is 5. The van der Waals surface area contributed by atoms with Crippen LogP contribution in [0.1, 0.15) is 17.4 Å². The average molecular weight is 399 g/mol. The van der Waals surface area contributed by atoms with Crippen molar-refractivity contribution in [2.75, 3.05) is 17.8 Å². The van der Waals surface area contributed by atoms with Crippen molar-refractivity contribution in [3.05, 3.63) is 41.7 Å². The lowest BCUT2D eigenvalue weighted by Gasteiger charge is -2.16. The number of rotatable bonds is 5. The lowest BCUT2D eigenvalue weighted by Crippen LogP contribution is -2.33. The molecule has 29 heavy (non-hydrogen) atoms. The maximum atomic E-state index is 10.3. The Balaban J connectivity index is 1.62. The van der Waals surface area contributed by atoms with Crippen molar-refractivity contribution in [2.45, 2.75) is 31.5 Å². The van der Waals surface area contributed by atoms with Crippen molar-refractivity contribution in [3.63, 3.8) is 0 Å². The zero-order valence-electron chi connectivity index (χ0n) is 15.5. The van der Waals surface area contributed by atoms with Gasteiger partial charge in [0.05, 0.1) is 19.1 Å². The van der Waals surface area contributed by atoms with Crippen LogP contribution in [0.3, 0.4) is 0 Å². The second-order valence-corrected chi connectivity index (χ2v) is 6.77. The maximum absolute atomic E-state index is 10.3. The van der Waals surface area contributed by atoms with Crippen molar-refractivity contribution in [1.29, 1.82) is 0 Å². The van der Waals surface area contributed by atoms with Crippen molar-refractivity contribution in [1.82, 2.24) is 19.5 Å². The summed E-state index contributed by atoms with van der Waals surface area (Å²) in [5.74, 6) is 0.251. The Morgan fingerprint density at radius 3 is 2.86 bits per heavy atom. The van der Waals surface area contributed by atoms with E-state index >= 15 is 0 Å². The summed E-state index contributed by atoms with van der Waals surface area (Å²) in [6, 6.07) is 7.80. The third-order valence-electron chi connectivity index (χ3n) is 4.66. The van der Waals surface area contributed by atoms with Gasteiger partial charge in [0.2, 0.25) is 5.95 Å². The number of nitrogens with one attached hydrogen (secondary N) is 1. The fourth-order valence-corrected chi connectivity index (χ4v) is 3.20. The lowest BCUT2D eigenvalue weighted by atomic mass is 10.1. The summed E-state index contributed by atoms with van der Waals surface area (Å²) in [6.07, 6.45) is -1.39.